The predicted molar refractivity (Wildman–Crippen MR) is 95.6 cm³/mol. The van der Waals surface area contributed by atoms with Gasteiger partial charge < -0.3 is 10.6 Å². The predicted octanol–water partition coefficient (Wildman–Crippen LogP) is 0.845. The van der Waals surface area contributed by atoms with Crippen LogP contribution in [-0.4, -0.2) is 67.8 Å². The fraction of sp³-hybridized carbons (Fsp3) is 0.562. The number of thioether (sulfide) groups is 1. The number of nitrogens with zero attached hydrogens (tertiary/aromatic N) is 2. The summed E-state index contributed by atoms with van der Waals surface area (Å²) < 4.78 is 27.1. The monoisotopic (exact) mass is 369 g/mol. The Morgan fingerprint density at radius 1 is 1.25 bits per heavy atom. The van der Waals surface area contributed by atoms with E-state index >= 15 is 0 Å². The van der Waals surface area contributed by atoms with E-state index in [0.717, 1.165) is 17.9 Å². The van der Waals surface area contributed by atoms with E-state index in [1.165, 1.54) is 10.4 Å². The van der Waals surface area contributed by atoms with Crippen LogP contribution < -0.4 is 5.73 Å². The highest BCUT2D eigenvalue weighted by atomic mass is 32.2. The SMILES string of the molecule is NCC1CCN(S(=O)(=O)c2cccc(C(=O)N3CCSCC3)c2)C1. The average molecular weight is 370 g/mol. The molecule has 2 heterocycles. The van der Waals surface area contributed by atoms with E-state index in [1.807, 2.05) is 11.8 Å². The largest absolute Gasteiger partial charge is 0.337 e. The number of carbonyl (C=O) groups is 1. The van der Waals surface area contributed by atoms with Crippen LogP contribution in [0.25, 0.3) is 0 Å². The maximum atomic E-state index is 12.8. The van der Waals surface area contributed by atoms with Crippen LogP contribution in [-0.2, 0) is 10.0 Å². The normalized spacial score (nSPS) is 22.7. The van der Waals surface area contributed by atoms with E-state index in [4.69, 9.17) is 5.73 Å². The molecule has 2 aliphatic heterocycles. The molecule has 1 atom stereocenters. The Morgan fingerprint density at radius 3 is 2.67 bits per heavy atom. The van der Waals surface area contributed by atoms with Crippen molar-refractivity contribution in [3.8, 4) is 0 Å². The average Bonchev–Trinajstić information content (AvgIpc) is 3.12. The van der Waals surface area contributed by atoms with E-state index in [9.17, 15) is 13.2 Å². The number of benzene rings is 1. The van der Waals surface area contributed by atoms with Crippen LogP contribution in [0.4, 0.5) is 0 Å². The molecule has 1 amide bonds. The van der Waals surface area contributed by atoms with Gasteiger partial charge >= 0.3 is 0 Å². The highest BCUT2D eigenvalue weighted by Crippen LogP contribution is 2.25. The molecular formula is C16H23N3O3S2. The minimum absolute atomic E-state index is 0.0893. The molecule has 1 aromatic carbocycles. The standard InChI is InChI=1S/C16H23N3O3S2/c17-11-13-4-5-19(12-13)24(21,22)15-3-1-2-14(10-15)16(20)18-6-8-23-9-7-18/h1-3,10,13H,4-9,11-12,17H2. The van der Waals surface area contributed by atoms with Crippen LogP contribution >= 0.6 is 11.8 Å². The molecule has 0 bridgehead atoms. The third kappa shape index (κ3) is 3.61. The lowest BCUT2D eigenvalue weighted by molar-refractivity contribution is 0.0772. The number of sulfonamides is 1. The summed E-state index contributed by atoms with van der Waals surface area (Å²) in [5.41, 5.74) is 6.09. The van der Waals surface area contributed by atoms with Crippen molar-refractivity contribution >= 4 is 27.7 Å². The summed E-state index contributed by atoms with van der Waals surface area (Å²) in [6.45, 7) is 2.87. The smallest absolute Gasteiger partial charge is 0.253 e. The molecule has 2 saturated heterocycles. The lowest BCUT2D eigenvalue weighted by Crippen LogP contribution is -2.38. The molecule has 1 aromatic rings. The second-order valence-electron chi connectivity index (χ2n) is 6.19. The summed E-state index contributed by atoms with van der Waals surface area (Å²) in [6.07, 6.45) is 0.791. The summed E-state index contributed by atoms with van der Waals surface area (Å²) >= 11 is 1.83. The van der Waals surface area contributed by atoms with Gasteiger partial charge in [0.1, 0.15) is 0 Å². The summed E-state index contributed by atoms with van der Waals surface area (Å²) in [5, 5.41) is 0. The van der Waals surface area contributed by atoms with Crippen molar-refractivity contribution in [3.05, 3.63) is 29.8 Å². The van der Waals surface area contributed by atoms with Crippen LogP contribution in [0.2, 0.25) is 0 Å². The fourth-order valence-electron chi connectivity index (χ4n) is 3.10. The maximum Gasteiger partial charge on any atom is 0.253 e. The molecule has 2 N–H and O–H groups in total. The van der Waals surface area contributed by atoms with Gasteiger partial charge in [0.2, 0.25) is 10.0 Å². The number of nitrogens with two attached hydrogens (primary N) is 1. The number of carbonyl (C=O) groups excluding carboxylic acids is 1. The first-order valence-electron chi connectivity index (χ1n) is 8.19. The molecule has 0 saturated carbocycles. The zero-order valence-corrected chi connectivity index (χ0v) is 15.2. The van der Waals surface area contributed by atoms with E-state index in [0.29, 0.717) is 38.3 Å². The van der Waals surface area contributed by atoms with Gasteiger partial charge in [0.05, 0.1) is 4.90 Å². The van der Waals surface area contributed by atoms with Gasteiger partial charge in [-0.05, 0) is 37.1 Å². The highest BCUT2D eigenvalue weighted by molar-refractivity contribution is 7.99. The van der Waals surface area contributed by atoms with Crippen molar-refractivity contribution in [1.82, 2.24) is 9.21 Å². The molecule has 0 aliphatic carbocycles. The number of hydrogen-bond donors (Lipinski definition) is 1. The highest BCUT2D eigenvalue weighted by Gasteiger charge is 2.32. The van der Waals surface area contributed by atoms with Crippen LogP contribution in [0.15, 0.2) is 29.2 Å². The van der Waals surface area contributed by atoms with Gasteiger partial charge in [0.25, 0.3) is 5.91 Å². The first kappa shape index (κ1) is 17.7. The van der Waals surface area contributed by atoms with Gasteiger partial charge in [0, 0.05) is 43.2 Å². The molecule has 0 spiro atoms. The summed E-state index contributed by atoms with van der Waals surface area (Å²) in [6, 6.07) is 6.41. The van der Waals surface area contributed by atoms with Crippen LogP contribution in [0.3, 0.4) is 0 Å². The zero-order valence-electron chi connectivity index (χ0n) is 13.6. The molecule has 8 heteroatoms. The molecule has 3 rings (SSSR count). The Kier molecular flexibility index (Phi) is 5.49. The first-order valence-corrected chi connectivity index (χ1v) is 10.8. The van der Waals surface area contributed by atoms with Crippen molar-refractivity contribution in [1.29, 1.82) is 0 Å². The molecule has 24 heavy (non-hydrogen) atoms. The quantitative estimate of drug-likeness (QED) is 0.850. The lowest BCUT2D eigenvalue weighted by atomic mass is 10.1. The van der Waals surface area contributed by atoms with Crippen molar-refractivity contribution < 1.29 is 13.2 Å². The second kappa shape index (κ2) is 7.43. The van der Waals surface area contributed by atoms with Gasteiger partial charge in [-0.15, -0.1) is 0 Å². The van der Waals surface area contributed by atoms with Crippen molar-refractivity contribution in [2.24, 2.45) is 11.7 Å². The number of rotatable bonds is 4. The van der Waals surface area contributed by atoms with Gasteiger partial charge in [-0.3, -0.25) is 4.79 Å². The van der Waals surface area contributed by atoms with Gasteiger partial charge in [-0.1, -0.05) is 6.07 Å². The van der Waals surface area contributed by atoms with E-state index < -0.39 is 10.0 Å². The fourth-order valence-corrected chi connectivity index (χ4v) is 5.58. The van der Waals surface area contributed by atoms with Crippen molar-refractivity contribution in [2.75, 3.05) is 44.2 Å². The molecular weight excluding hydrogens is 346 g/mol. The molecule has 6 nitrogen and oxygen atoms in total. The maximum absolute atomic E-state index is 12.8. The summed E-state index contributed by atoms with van der Waals surface area (Å²) in [5.74, 6) is 1.99. The number of amides is 1. The first-order chi connectivity index (χ1) is 11.5. The number of hydrogen-bond acceptors (Lipinski definition) is 5. The second-order valence-corrected chi connectivity index (χ2v) is 9.35. The van der Waals surface area contributed by atoms with Gasteiger partial charge in [0.15, 0.2) is 0 Å². The Hall–Kier alpha value is -1.09. The van der Waals surface area contributed by atoms with Crippen LogP contribution in [0, 0.1) is 5.92 Å². The van der Waals surface area contributed by atoms with Gasteiger partial charge in [-0.2, -0.15) is 16.1 Å². The molecule has 0 radical (unpaired) electrons. The Bertz CT molecular complexity index is 702. The molecule has 2 aliphatic rings. The third-order valence-corrected chi connectivity index (χ3v) is 7.40. The van der Waals surface area contributed by atoms with E-state index in [1.54, 1.807) is 23.1 Å². The van der Waals surface area contributed by atoms with Crippen molar-refractivity contribution in [2.45, 2.75) is 11.3 Å². The Morgan fingerprint density at radius 2 is 2.00 bits per heavy atom. The van der Waals surface area contributed by atoms with Gasteiger partial charge in [-0.25, -0.2) is 8.42 Å². The molecule has 2 fully saturated rings. The molecule has 132 valence electrons. The third-order valence-electron chi connectivity index (χ3n) is 4.60. The van der Waals surface area contributed by atoms with E-state index in [2.05, 4.69) is 0 Å². The molecule has 0 aromatic heterocycles. The lowest BCUT2D eigenvalue weighted by Gasteiger charge is -2.26. The van der Waals surface area contributed by atoms with Crippen LogP contribution in [0.1, 0.15) is 16.8 Å². The minimum atomic E-state index is -3.57. The molecule has 1 unspecified atom stereocenters. The summed E-state index contributed by atoms with van der Waals surface area (Å²) in [4.78, 5) is 14.6. The Labute approximate surface area is 147 Å². The van der Waals surface area contributed by atoms with Crippen molar-refractivity contribution in [3.63, 3.8) is 0 Å². The minimum Gasteiger partial charge on any atom is -0.337 e. The zero-order chi connectivity index (χ0) is 17.2. The summed E-state index contributed by atoms with van der Waals surface area (Å²) in [7, 11) is -3.57. The Balaban J connectivity index is 1.80. The topological polar surface area (TPSA) is 83.7 Å². The van der Waals surface area contributed by atoms with Crippen LogP contribution in [0.5, 0.6) is 0 Å². The van der Waals surface area contributed by atoms with E-state index in [-0.39, 0.29) is 16.7 Å².